The quantitative estimate of drug-likeness (QED) is 0.728. The molecule has 0 spiro atoms. The first-order valence-electron chi connectivity index (χ1n) is 10.8. The maximum absolute atomic E-state index is 13.6. The zero-order valence-electron chi connectivity index (χ0n) is 17.5. The summed E-state index contributed by atoms with van der Waals surface area (Å²) in [5.41, 5.74) is 0.675. The van der Waals surface area contributed by atoms with Crippen LogP contribution in [0.15, 0.2) is 29.1 Å². The van der Waals surface area contributed by atoms with E-state index in [-0.39, 0.29) is 24.1 Å². The molecule has 1 saturated carbocycles. The molecular weight excluding hydrogens is 406 g/mol. The first kappa shape index (κ1) is 20.2. The lowest BCUT2D eigenvalue weighted by Gasteiger charge is -2.27. The number of nitrogens with zero attached hydrogens (tertiary/aromatic N) is 4. The molecule has 2 aromatic rings. The third-order valence-corrected chi connectivity index (χ3v) is 6.91. The lowest BCUT2D eigenvalue weighted by atomic mass is 9.96. The molecule has 31 heavy (non-hydrogen) atoms. The molecule has 2 fully saturated rings. The summed E-state index contributed by atoms with van der Waals surface area (Å²) in [4.78, 5) is 27.4. The first-order chi connectivity index (χ1) is 14.8. The summed E-state index contributed by atoms with van der Waals surface area (Å²) in [7, 11) is 1.62. The molecule has 2 aliphatic heterocycles. The number of methoxy groups -OCH3 is 1. The van der Waals surface area contributed by atoms with E-state index in [1.165, 1.54) is 14.1 Å². The highest BCUT2D eigenvalue weighted by atomic mass is 19.3. The van der Waals surface area contributed by atoms with Crippen molar-refractivity contribution in [3.63, 3.8) is 0 Å². The third-order valence-electron chi connectivity index (χ3n) is 6.91. The van der Waals surface area contributed by atoms with Gasteiger partial charge in [-0.25, -0.2) is 18.3 Å². The maximum atomic E-state index is 13.6. The molecule has 5 rings (SSSR count). The van der Waals surface area contributed by atoms with Crippen LogP contribution in [0.2, 0.25) is 0 Å². The summed E-state index contributed by atoms with van der Waals surface area (Å²) < 4.78 is 35.4. The van der Waals surface area contributed by atoms with Crippen molar-refractivity contribution in [1.29, 1.82) is 0 Å². The lowest BCUT2D eigenvalue weighted by Crippen LogP contribution is -2.42. The normalized spacial score (nSPS) is 23.5. The van der Waals surface area contributed by atoms with Gasteiger partial charge < -0.3 is 9.64 Å². The first-order valence-corrected chi connectivity index (χ1v) is 10.8. The van der Waals surface area contributed by atoms with Crippen molar-refractivity contribution >= 4 is 5.91 Å². The summed E-state index contributed by atoms with van der Waals surface area (Å²) in [5.74, 6) is -1.89. The van der Waals surface area contributed by atoms with Crippen LogP contribution in [-0.4, -0.2) is 51.3 Å². The minimum Gasteiger partial charge on any atom is -0.497 e. The van der Waals surface area contributed by atoms with Crippen molar-refractivity contribution in [1.82, 2.24) is 19.2 Å². The molecule has 9 heteroatoms. The smallest absolute Gasteiger partial charge is 0.346 e. The number of carbonyl (C=O) groups excluding carboxylic acids is 1. The number of ether oxygens (including phenoxy) is 1. The number of hydrogen-bond acceptors (Lipinski definition) is 4. The fourth-order valence-electron chi connectivity index (χ4n) is 4.92. The Morgan fingerprint density at radius 2 is 1.97 bits per heavy atom. The van der Waals surface area contributed by atoms with Crippen LogP contribution in [0.5, 0.6) is 5.75 Å². The number of benzene rings is 1. The Kier molecular flexibility index (Phi) is 4.67. The van der Waals surface area contributed by atoms with E-state index < -0.39 is 24.4 Å². The number of carbonyl (C=O) groups is 1. The largest absolute Gasteiger partial charge is 0.497 e. The summed E-state index contributed by atoms with van der Waals surface area (Å²) >= 11 is 0. The highest BCUT2D eigenvalue weighted by molar-refractivity contribution is 5.81. The molecule has 1 aromatic heterocycles. The number of likely N-dealkylation sites (tertiary alicyclic amines) is 1. The van der Waals surface area contributed by atoms with Crippen molar-refractivity contribution in [3.8, 4) is 5.75 Å². The number of amides is 1. The number of hydrogen-bond donors (Lipinski definition) is 0. The van der Waals surface area contributed by atoms with Gasteiger partial charge in [0.05, 0.1) is 20.2 Å². The van der Waals surface area contributed by atoms with Crippen LogP contribution in [0, 0.1) is 0 Å². The summed E-state index contributed by atoms with van der Waals surface area (Å²) in [6.45, 7) is -0.0941. The fraction of sp³-hybridized carbons (Fsp3) is 0.591. The highest BCUT2D eigenvalue weighted by Crippen LogP contribution is 2.49. The number of aromatic nitrogens is 3. The Morgan fingerprint density at radius 3 is 2.58 bits per heavy atom. The van der Waals surface area contributed by atoms with Gasteiger partial charge in [-0.2, -0.15) is 5.10 Å². The van der Waals surface area contributed by atoms with E-state index in [0.29, 0.717) is 31.6 Å². The van der Waals surface area contributed by atoms with E-state index in [0.717, 1.165) is 24.2 Å². The van der Waals surface area contributed by atoms with Gasteiger partial charge in [-0.3, -0.25) is 9.36 Å². The van der Waals surface area contributed by atoms with Crippen molar-refractivity contribution in [2.75, 3.05) is 20.2 Å². The molecule has 166 valence electrons. The van der Waals surface area contributed by atoms with Crippen molar-refractivity contribution in [2.24, 2.45) is 0 Å². The van der Waals surface area contributed by atoms with Crippen LogP contribution in [0.25, 0.3) is 0 Å². The molecule has 0 N–H and O–H groups in total. The lowest BCUT2D eigenvalue weighted by molar-refractivity contribution is -0.135. The van der Waals surface area contributed by atoms with Crippen LogP contribution < -0.4 is 10.4 Å². The molecular formula is C22H26F2N4O3. The Bertz CT molecular complexity index is 1060. The van der Waals surface area contributed by atoms with Crippen molar-refractivity contribution < 1.29 is 18.3 Å². The molecule has 1 aromatic carbocycles. The second kappa shape index (κ2) is 7.17. The minimum atomic E-state index is -2.85. The molecule has 0 unspecified atom stereocenters. The van der Waals surface area contributed by atoms with Gasteiger partial charge in [-0.05, 0) is 43.4 Å². The Labute approximate surface area is 178 Å². The maximum Gasteiger partial charge on any atom is 0.346 e. The molecule has 3 heterocycles. The zero-order chi connectivity index (χ0) is 21.8. The van der Waals surface area contributed by atoms with Gasteiger partial charge in [0.25, 0.3) is 5.92 Å². The van der Waals surface area contributed by atoms with Gasteiger partial charge in [-0.1, -0.05) is 12.1 Å². The molecule has 7 nitrogen and oxygen atoms in total. The molecule has 3 aliphatic rings. The van der Waals surface area contributed by atoms with Crippen LogP contribution in [0.4, 0.5) is 8.78 Å². The highest BCUT2D eigenvalue weighted by Gasteiger charge is 2.47. The van der Waals surface area contributed by atoms with Gasteiger partial charge in [0.15, 0.2) is 0 Å². The van der Waals surface area contributed by atoms with Gasteiger partial charge in [-0.15, -0.1) is 0 Å². The van der Waals surface area contributed by atoms with E-state index in [2.05, 4.69) is 5.10 Å². The number of alkyl halides is 2. The van der Waals surface area contributed by atoms with Crippen molar-refractivity contribution in [2.45, 2.75) is 62.4 Å². The summed E-state index contributed by atoms with van der Waals surface area (Å²) in [6.07, 6.45) is 3.39. The average Bonchev–Trinajstić information content (AvgIpc) is 3.36. The van der Waals surface area contributed by atoms with Gasteiger partial charge >= 0.3 is 5.69 Å². The predicted molar refractivity (Wildman–Crippen MR) is 109 cm³/mol. The van der Waals surface area contributed by atoms with Gasteiger partial charge in [0.2, 0.25) is 5.91 Å². The molecule has 1 aliphatic carbocycles. The molecule has 0 bridgehead atoms. The molecule has 0 radical (unpaired) electrons. The van der Waals surface area contributed by atoms with Crippen LogP contribution >= 0.6 is 0 Å². The average molecular weight is 432 g/mol. The SMILES string of the molecule is COc1ccc(C2(Cn3nc4n(c3=O)[C@H](C(=O)N3CCC(F)(F)C3)CCC4)CC2)cc1. The third kappa shape index (κ3) is 3.53. The monoisotopic (exact) mass is 432 g/mol. The van der Waals surface area contributed by atoms with E-state index in [4.69, 9.17) is 4.74 Å². The topological polar surface area (TPSA) is 69.4 Å². The molecule has 1 saturated heterocycles. The Balaban J connectivity index is 1.40. The minimum absolute atomic E-state index is 0.0289. The van der Waals surface area contributed by atoms with Gasteiger partial charge in [0.1, 0.15) is 17.6 Å². The van der Waals surface area contributed by atoms with Crippen molar-refractivity contribution in [3.05, 3.63) is 46.1 Å². The van der Waals surface area contributed by atoms with Gasteiger partial charge in [0, 0.05) is 24.8 Å². The Morgan fingerprint density at radius 1 is 1.23 bits per heavy atom. The van der Waals surface area contributed by atoms with E-state index >= 15 is 0 Å². The predicted octanol–water partition coefficient (Wildman–Crippen LogP) is 2.53. The van der Waals surface area contributed by atoms with E-state index in [1.54, 1.807) is 7.11 Å². The zero-order valence-corrected chi connectivity index (χ0v) is 17.5. The summed E-state index contributed by atoms with van der Waals surface area (Å²) in [5, 5.41) is 4.55. The number of aryl methyl sites for hydroxylation is 1. The van der Waals surface area contributed by atoms with E-state index in [1.807, 2.05) is 24.3 Å². The molecule has 1 amide bonds. The summed E-state index contributed by atoms with van der Waals surface area (Å²) in [6, 6.07) is 7.13. The second-order valence-corrected chi connectivity index (χ2v) is 9.01. The standard InChI is InChI=1S/C22H26F2N4O3/c1-31-16-7-5-15(6-8-16)21(9-10-21)13-27-20(30)28-17(3-2-4-18(28)25-27)19(29)26-12-11-22(23,24)14-26/h5-8,17H,2-4,9-14H2,1H3/t17-/m0/s1. The van der Waals surface area contributed by atoms with Crippen LogP contribution in [-0.2, 0) is 23.2 Å². The Hall–Kier alpha value is -2.71. The second-order valence-electron chi connectivity index (χ2n) is 9.01. The van der Waals surface area contributed by atoms with Crippen LogP contribution in [0.1, 0.15) is 49.5 Å². The van der Waals surface area contributed by atoms with Crippen LogP contribution in [0.3, 0.4) is 0 Å². The fourth-order valence-corrected chi connectivity index (χ4v) is 4.92. The number of halogens is 2. The molecule has 1 atom stereocenters. The number of fused-ring (bicyclic) bond motifs is 1. The van der Waals surface area contributed by atoms with E-state index in [9.17, 15) is 18.4 Å². The number of rotatable bonds is 5.